The first-order chi connectivity index (χ1) is 8.95. The minimum atomic E-state index is -0.421. The molecule has 1 aromatic carbocycles. The third-order valence-corrected chi connectivity index (χ3v) is 2.32. The first kappa shape index (κ1) is 13.1. The standard InChI is InChI=1S/C13H16N4O2/c1-13(2,3)10-16-17-12(19-10)15-11(18)14-9-7-5-4-6-8-9/h4-8H,1-3H3,(H2,14,15,17,18). The number of para-hydroxylation sites is 1. The Balaban J connectivity index is 1.98. The highest BCUT2D eigenvalue weighted by Crippen LogP contribution is 2.21. The Morgan fingerprint density at radius 1 is 1.11 bits per heavy atom. The fraction of sp³-hybridized carbons (Fsp3) is 0.308. The predicted octanol–water partition coefficient (Wildman–Crippen LogP) is 3.01. The van der Waals surface area contributed by atoms with Crippen molar-refractivity contribution in [3.8, 4) is 0 Å². The number of anilines is 2. The van der Waals surface area contributed by atoms with Crippen LogP contribution in [0.25, 0.3) is 0 Å². The summed E-state index contributed by atoms with van der Waals surface area (Å²) in [5, 5.41) is 12.8. The van der Waals surface area contributed by atoms with E-state index in [0.29, 0.717) is 11.6 Å². The Morgan fingerprint density at radius 2 is 1.79 bits per heavy atom. The Labute approximate surface area is 111 Å². The fourth-order valence-electron chi connectivity index (χ4n) is 1.36. The summed E-state index contributed by atoms with van der Waals surface area (Å²) < 4.78 is 5.36. The number of carbonyl (C=O) groups is 1. The first-order valence-electron chi connectivity index (χ1n) is 5.92. The second kappa shape index (κ2) is 5.09. The quantitative estimate of drug-likeness (QED) is 0.869. The average molecular weight is 260 g/mol. The topological polar surface area (TPSA) is 80.0 Å². The highest BCUT2D eigenvalue weighted by atomic mass is 16.4. The zero-order valence-corrected chi connectivity index (χ0v) is 11.1. The van der Waals surface area contributed by atoms with Crippen LogP contribution in [0.2, 0.25) is 0 Å². The van der Waals surface area contributed by atoms with Crippen LogP contribution >= 0.6 is 0 Å². The number of hydrogen-bond acceptors (Lipinski definition) is 4. The van der Waals surface area contributed by atoms with Crippen LogP contribution in [-0.4, -0.2) is 16.2 Å². The largest absolute Gasteiger partial charge is 0.407 e. The lowest BCUT2D eigenvalue weighted by atomic mass is 9.97. The third kappa shape index (κ3) is 3.54. The summed E-state index contributed by atoms with van der Waals surface area (Å²) in [6.07, 6.45) is 0. The predicted molar refractivity (Wildman–Crippen MR) is 72.1 cm³/mol. The molecule has 100 valence electrons. The summed E-state index contributed by atoms with van der Waals surface area (Å²) in [4.78, 5) is 11.7. The smallest absolute Gasteiger partial charge is 0.327 e. The number of hydrogen-bond donors (Lipinski definition) is 2. The van der Waals surface area contributed by atoms with Gasteiger partial charge >= 0.3 is 12.0 Å². The first-order valence-corrected chi connectivity index (χ1v) is 5.92. The summed E-state index contributed by atoms with van der Waals surface area (Å²) in [7, 11) is 0. The van der Waals surface area contributed by atoms with Crippen LogP contribution in [-0.2, 0) is 5.41 Å². The van der Waals surface area contributed by atoms with E-state index >= 15 is 0 Å². The zero-order chi connectivity index (χ0) is 13.9. The molecular formula is C13H16N4O2. The highest BCUT2D eigenvalue weighted by molar-refractivity contribution is 5.98. The van der Waals surface area contributed by atoms with Crippen LogP contribution in [0.1, 0.15) is 26.7 Å². The maximum absolute atomic E-state index is 11.7. The van der Waals surface area contributed by atoms with Gasteiger partial charge in [0.25, 0.3) is 0 Å². The molecule has 0 radical (unpaired) electrons. The number of urea groups is 1. The van der Waals surface area contributed by atoms with Gasteiger partial charge in [0.15, 0.2) is 0 Å². The van der Waals surface area contributed by atoms with Gasteiger partial charge in [-0.05, 0) is 12.1 Å². The molecule has 0 saturated heterocycles. The molecule has 6 nitrogen and oxygen atoms in total. The van der Waals surface area contributed by atoms with Crippen molar-refractivity contribution in [3.63, 3.8) is 0 Å². The number of carbonyl (C=O) groups excluding carboxylic acids is 1. The third-order valence-electron chi connectivity index (χ3n) is 2.32. The van der Waals surface area contributed by atoms with Gasteiger partial charge in [0, 0.05) is 11.1 Å². The van der Waals surface area contributed by atoms with Crippen molar-refractivity contribution in [1.29, 1.82) is 0 Å². The van der Waals surface area contributed by atoms with Crippen LogP contribution in [0.3, 0.4) is 0 Å². The molecule has 0 saturated carbocycles. The molecule has 2 rings (SSSR count). The molecule has 1 aromatic heterocycles. The minimum absolute atomic E-state index is 0.0818. The minimum Gasteiger partial charge on any atom is -0.407 e. The van der Waals surface area contributed by atoms with Gasteiger partial charge in [-0.3, -0.25) is 5.32 Å². The maximum atomic E-state index is 11.7. The molecule has 1 heterocycles. The molecule has 0 bridgehead atoms. The molecule has 6 heteroatoms. The lowest BCUT2D eigenvalue weighted by Gasteiger charge is -2.11. The SMILES string of the molecule is CC(C)(C)c1nnc(NC(=O)Nc2ccccc2)o1. The zero-order valence-electron chi connectivity index (χ0n) is 11.1. The molecule has 19 heavy (non-hydrogen) atoms. The summed E-state index contributed by atoms with van der Waals surface area (Å²) in [6, 6.07) is 8.77. The van der Waals surface area contributed by atoms with E-state index in [1.807, 2.05) is 39.0 Å². The molecule has 0 unspecified atom stereocenters. The van der Waals surface area contributed by atoms with Gasteiger partial charge in [-0.25, -0.2) is 4.79 Å². The van der Waals surface area contributed by atoms with Gasteiger partial charge in [0.05, 0.1) is 0 Å². The summed E-state index contributed by atoms with van der Waals surface area (Å²) >= 11 is 0. The van der Waals surface area contributed by atoms with E-state index in [2.05, 4.69) is 20.8 Å². The molecule has 0 spiro atoms. The molecule has 0 aliphatic rings. The van der Waals surface area contributed by atoms with Crippen LogP contribution in [0.5, 0.6) is 0 Å². The molecule has 2 amide bonds. The van der Waals surface area contributed by atoms with Crippen molar-refractivity contribution in [3.05, 3.63) is 36.2 Å². The van der Waals surface area contributed by atoms with Crippen molar-refractivity contribution < 1.29 is 9.21 Å². The molecule has 0 fully saturated rings. The number of rotatable bonds is 2. The van der Waals surface area contributed by atoms with Gasteiger partial charge < -0.3 is 9.73 Å². The monoisotopic (exact) mass is 260 g/mol. The summed E-state index contributed by atoms with van der Waals surface area (Å²) in [5.41, 5.74) is 0.443. The molecule has 0 atom stereocenters. The molecule has 2 aromatic rings. The van der Waals surface area contributed by atoms with Gasteiger partial charge in [-0.2, -0.15) is 0 Å². The summed E-state index contributed by atoms with van der Waals surface area (Å²) in [6.45, 7) is 5.86. The van der Waals surface area contributed by atoms with Crippen molar-refractivity contribution in [2.45, 2.75) is 26.2 Å². The number of aromatic nitrogens is 2. The van der Waals surface area contributed by atoms with Crippen molar-refractivity contribution in [1.82, 2.24) is 10.2 Å². The Morgan fingerprint density at radius 3 is 2.37 bits per heavy atom. The highest BCUT2D eigenvalue weighted by Gasteiger charge is 2.21. The van der Waals surface area contributed by atoms with Gasteiger partial charge in [0.1, 0.15) is 0 Å². The Kier molecular flexibility index (Phi) is 3.50. The van der Waals surface area contributed by atoms with Crippen molar-refractivity contribution in [2.75, 3.05) is 10.6 Å². The van der Waals surface area contributed by atoms with Crippen molar-refractivity contribution >= 4 is 17.7 Å². The van der Waals surface area contributed by atoms with E-state index in [4.69, 9.17) is 4.42 Å². The second-order valence-electron chi connectivity index (χ2n) is 5.11. The van der Waals surface area contributed by atoms with E-state index in [9.17, 15) is 4.79 Å². The van der Waals surface area contributed by atoms with E-state index in [-0.39, 0.29) is 11.4 Å². The second-order valence-corrected chi connectivity index (χ2v) is 5.11. The number of benzene rings is 1. The molecule has 0 aliphatic heterocycles. The van der Waals surface area contributed by atoms with Crippen LogP contribution in [0.15, 0.2) is 34.7 Å². The Bertz CT molecular complexity index is 558. The van der Waals surface area contributed by atoms with Gasteiger partial charge in [-0.1, -0.05) is 44.1 Å². The number of nitrogens with zero attached hydrogens (tertiary/aromatic N) is 2. The van der Waals surface area contributed by atoms with Crippen LogP contribution in [0, 0.1) is 0 Å². The van der Waals surface area contributed by atoms with E-state index in [0.717, 1.165) is 0 Å². The van der Waals surface area contributed by atoms with E-state index in [1.165, 1.54) is 0 Å². The lowest BCUT2D eigenvalue weighted by molar-refractivity contribution is 0.261. The molecule has 2 N–H and O–H groups in total. The lowest BCUT2D eigenvalue weighted by Crippen LogP contribution is -2.19. The van der Waals surface area contributed by atoms with Gasteiger partial charge in [0.2, 0.25) is 5.89 Å². The molecule has 0 aliphatic carbocycles. The fourth-order valence-corrected chi connectivity index (χ4v) is 1.36. The van der Waals surface area contributed by atoms with E-state index < -0.39 is 6.03 Å². The van der Waals surface area contributed by atoms with E-state index in [1.54, 1.807) is 12.1 Å². The maximum Gasteiger partial charge on any atom is 0.327 e. The average Bonchev–Trinajstić information content (AvgIpc) is 2.78. The van der Waals surface area contributed by atoms with Crippen molar-refractivity contribution in [2.24, 2.45) is 0 Å². The van der Waals surface area contributed by atoms with Gasteiger partial charge in [-0.15, -0.1) is 5.10 Å². The van der Waals surface area contributed by atoms with Crippen LogP contribution in [0.4, 0.5) is 16.5 Å². The molecular weight excluding hydrogens is 244 g/mol. The number of nitrogens with one attached hydrogen (secondary N) is 2. The number of amides is 2. The normalized spacial score (nSPS) is 11.1. The van der Waals surface area contributed by atoms with Crippen LogP contribution < -0.4 is 10.6 Å². The Hall–Kier alpha value is -2.37. The summed E-state index contributed by atoms with van der Waals surface area (Å²) in [5.74, 6) is 0.475.